The lowest BCUT2D eigenvalue weighted by Crippen LogP contribution is -1.92. The first-order valence-electron chi connectivity index (χ1n) is 30.0. The summed E-state index contributed by atoms with van der Waals surface area (Å²) in [5, 5.41) is -6.01. The molecule has 11 aromatic rings. The van der Waals surface area contributed by atoms with E-state index in [1.807, 2.05) is 0 Å². The zero-order valence-corrected chi connectivity index (χ0v) is 25.0. The highest BCUT2D eigenvalue weighted by molar-refractivity contribution is 6.27. The van der Waals surface area contributed by atoms with Crippen molar-refractivity contribution in [3.05, 3.63) is 181 Å². The minimum atomic E-state index is -1.22. The largest absolute Gasteiger partial charge is 0.0636 e. The molecule has 0 bridgehead atoms. The van der Waals surface area contributed by atoms with Gasteiger partial charge in [-0.3, -0.25) is 0 Å². The summed E-state index contributed by atoms with van der Waals surface area (Å²) in [6.07, 6.45) is 0. The van der Waals surface area contributed by atoms with E-state index in [1.54, 1.807) is 0 Å². The Labute approximate surface area is 332 Å². The molecule has 0 aliphatic carbocycles. The molecule has 0 nitrogen and oxygen atoms in total. The highest BCUT2D eigenvalue weighted by Crippen LogP contribution is 2.45. The Morgan fingerprint density at radius 2 is 0.680 bits per heavy atom. The Kier molecular flexibility index (Phi) is 2.37. The molecule has 0 saturated carbocycles. The quantitative estimate of drug-likeness (QED) is 0.165. The summed E-state index contributed by atoms with van der Waals surface area (Å²) in [6, 6.07) is -28.3. The topological polar surface area (TPSA) is 0 Å². The van der Waals surface area contributed by atoms with Crippen molar-refractivity contribution in [2.75, 3.05) is 0 Å². The maximum absolute atomic E-state index is 10.4. The summed E-state index contributed by atoms with van der Waals surface area (Å²) >= 11 is 0. The molecule has 0 saturated heterocycles. The van der Waals surface area contributed by atoms with Crippen LogP contribution in [0.3, 0.4) is 0 Å². The van der Waals surface area contributed by atoms with Gasteiger partial charge in [-0.2, -0.15) is 0 Å². The van der Waals surface area contributed by atoms with Gasteiger partial charge < -0.3 is 0 Å². The van der Waals surface area contributed by atoms with E-state index in [4.69, 9.17) is 23.3 Å². The Morgan fingerprint density at radius 3 is 1.32 bits per heavy atom. The number of benzene rings is 11. The van der Waals surface area contributed by atoms with Crippen LogP contribution in [0.4, 0.5) is 0 Å². The van der Waals surface area contributed by atoms with Crippen LogP contribution in [0, 0.1) is 0 Å². The van der Waals surface area contributed by atoms with Crippen molar-refractivity contribution in [2.24, 2.45) is 0 Å². The third-order valence-electron chi connectivity index (χ3n) is 8.56. The van der Waals surface area contributed by atoms with Crippen LogP contribution < -0.4 is 0 Å². The maximum atomic E-state index is 10.4. The van der Waals surface area contributed by atoms with Gasteiger partial charge in [0.1, 0.15) is 0 Å². The molecule has 0 aliphatic heterocycles. The summed E-state index contributed by atoms with van der Waals surface area (Å²) in [5.74, 6) is 0. The second-order valence-corrected chi connectivity index (χ2v) is 11.2. The molecule has 0 spiro atoms. The molecule has 0 aromatic heterocycles. The smallest absolute Gasteiger partial charge is 0.0622 e. The van der Waals surface area contributed by atoms with Gasteiger partial charge in [0.05, 0.1) is 41.1 Å². The van der Waals surface area contributed by atoms with Gasteiger partial charge in [-0.1, -0.05) is 169 Å². The van der Waals surface area contributed by atoms with E-state index in [0.29, 0.717) is 0 Å². The lowest BCUT2D eigenvalue weighted by molar-refractivity contribution is 1.57. The molecule has 0 heteroatoms. The SMILES string of the molecule is [2H]c1c([2H])c([2H])c(-c2c([2H])c([2H])c([2H])c(-c3c([2H])c([2H])c(-c4c([2H])c([2H])c5c([2H])c([2H])c6c([2H])c([2H])c([2H])c7c([2H])c([2H])c4c5c67)c([2H])c3-c3c([2H])c([2H])c4c([2H])c([2H])c5c([2H])c([2H])c([2H])c6c([2H])c([2H])c3c4c56)c2[2H])c([2H])c1[2H]. The lowest BCUT2D eigenvalue weighted by atomic mass is 9.84. The molecule has 0 amide bonds. The molecule has 0 atom stereocenters. The first kappa shape index (κ1) is 11.3. The second kappa shape index (κ2) is 10.5. The van der Waals surface area contributed by atoms with Gasteiger partial charge in [-0.05, 0) is 121 Å². The van der Waals surface area contributed by atoms with Gasteiger partial charge in [0.15, 0.2) is 0 Å². The Morgan fingerprint density at radius 1 is 0.240 bits per heavy atom. The molecule has 0 unspecified atom stereocenters. The highest BCUT2D eigenvalue weighted by Gasteiger charge is 2.18. The van der Waals surface area contributed by atoms with Crippen molar-refractivity contribution < 1.29 is 41.1 Å². The fourth-order valence-corrected chi connectivity index (χ4v) is 6.38. The molecular formula is C50H30. The second-order valence-electron chi connectivity index (χ2n) is 11.2. The Bertz CT molecular complexity index is 4730. The lowest BCUT2D eigenvalue weighted by Gasteiger charge is -2.19. The third kappa shape index (κ3) is 4.00. The summed E-state index contributed by atoms with van der Waals surface area (Å²) < 4.78 is 275. The van der Waals surface area contributed by atoms with Crippen LogP contribution in [-0.4, -0.2) is 0 Å². The van der Waals surface area contributed by atoms with E-state index in [9.17, 15) is 17.8 Å². The highest BCUT2D eigenvalue weighted by atomic mass is 14.2. The van der Waals surface area contributed by atoms with Crippen LogP contribution in [-0.2, 0) is 0 Å². The molecule has 230 valence electrons. The van der Waals surface area contributed by atoms with Crippen molar-refractivity contribution in [1.82, 2.24) is 0 Å². The van der Waals surface area contributed by atoms with E-state index in [0.717, 1.165) is 0 Å². The van der Waals surface area contributed by atoms with Crippen LogP contribution in [0.25, 0.3) is 109 Å². The molecule has 50 heavy (non-hydrogen) atoms. The van der Waals surface area contributed by atoms with Crippen molar-refractivity contribution in [3.8, 4) is 44.5 Å². The molecule has 11 rings (SSSR count). The van der Waals surface area contributed by atoms with Gasteiger partial charge in [0, 0.05) is 0 Å². The van der Waals surface area contributed by atoms with Crippen LogP contribution in [0.2, 0.25) is 0 Å². The minimum absolute atomic E-state index is 0.352. The van der Waals surface area contributed by atoms with Gasteiger partial charge in [-0.15, -0.1) is 0 Å². The molecule has 0 N–H and O–H groups in total. The average molecular weight is 661 g/mol. The Hall–Kier alpha value is -6.50. The van der Waals surface area contributed by atoms with Crippen molar-refractivity contribution in [1.29, 1.82) is 0 Å². The third-order valence-corrected chi connectivity index (χ3v) is 8.56. The summed E-state index contributed by atoms with van der Waals surface area (Å²) in [5.41, 5.74) is -7.32. The van der Waals surface area contributed by atoms with E-state index < -0.39 is 285 Å². The molecule has 11 aromatic carbocycles. The van der Waals surface area contributed by atoms with Crippen molar-refractivity contribution in [2.45, 2.75) is 0 Å². The van der Waals surface area contributed by atoms with E-state index in [2.05, 4.69) is 0 Å². The predicted molar refractivity (Wildman–Crippen MR) is 216 cm³/mol. The zero-order chi connectivity index (χ0) is 58.9. The van der Waals surface area contributed by atoms with Gasteiger partial charge in [0.2, 0.25) is 0 Å². The van der Waals surface area contributed by atoms with E-state index in [1.165, 1.54) is 0 Å². The molecule has 0 radical (unpaired) electrons. The summed E-state index contributed by atoms with van der Waals surface area (Å²) in [6.45, 7) is 0. The summed E-state index contributed by atoms with van der Waals surface area (Å²) in [7, 11) is 0. The maximum Gasteiger partial charge on any atom is 0.0636 e. The first-order chi connectivity index (χ1) is 37.3. The molecule has 0 fully saturated rings. The number of rotatable bonds is 4. The molecule has 0 heterocycles. The zero-order valence-electron chi connectivity index (χ0n) is 55.0. The standard InChI is InChI=1S/C50H30/c1-2-7-31(8-3-1)38-13-6-14-39(29-38)42-25-23-40(41-24-19-36-17-15-32-9-4-11-34-21-27-44(41)49(36)47(32)34)30-46(42)43-26-20-37-18-16-33-10-5-12-35-22-28-45(43)50(37)48(33)35/h1-30H/i1D,2D,3D,4D,5D,6D,7D,8D,9D,10D,11D,12D,13D,14D,15D,16D,17D,18D,19D,20D,21D,22D,23D,24D,25D,26D,27D,28D,29D,30D. The fourth-order valence-electron chi connectivity index (χ4n) is 6.38. The van der Waals surface area contributed by atoms with Crippen molar-refractivity contribution >= 4 is 64.6 Å². The average Bonchev–Trinajstić information content (AvgIpc) is 2.48. The van der Waals surface area contributed by atoms with Gasteiger partial charge in [-0.25, -0.2) is 0 Å². The molecule has 0 aliphatic rings. The molecular weight excluding hydrogens is 601 g/mol. The number of hydrogen-bond acceptors (Lipinski definition) is 0. The van der Waals surface area contributed by atoms with Crippen LogP contribution >= 0.6 is 0 Å². The van der Waals surface area contributed by atoms with Crippen molar-refractivity contribution in [3.63, 3.8) is 0 Å². The van der Waals surface area contributed by atoms with Gasteiger partial charge in [0.25, 0.3) is 0 Å². The van der Waals surface area contributed by atoms with Crippen LogP contribution in [0.5, 0.6) is 0 Å². The predicted octanol–water partition coefficient (Wildman–Crippen LogP) is 14.1. The van der Waals surface area contributed by atoms with Crippen LogP contribution in [0.1, 0.15) is 41.1 Å². The first-order valence-corrected chi connectivity index (χ1v) is 15.0. The van der Waals surface area contributed by atoms with E-state index in [-0.39, 0.29) is 5.39 Å². The minimum Gasteiger partial charge on any atom is -0.0622 e. The summed E-state index contributed by atoms with van der Waals surface area (Å²) in [4.78, 5) is 0. The normalized spacial score (nSPS) is 20.4. The van der Waals surface area contributed by atoms with Gasteiger partial charge >= 0.3 is 0 Å². The van der Waals surface area contributed by atoms with Crippen LogP contribution in [0.15, 0.2) is 181 Å². The number of hydrogen-bond donors (Lipinski definition) is 0. The monoisotopic (exact) mass is 660 g/mol. The fraction of sp³-hybridized carbons (Fsp3) is 0. The van der Waals surface area contributed by atoms with E-state index >= 15 is 0 Å². The Balaban J connectivity index is 1.46.